The summed E-state index contributed by atoms with van der Waals surface area (Å²) in [6, 6.07) is 5.54. The lowest BCUT2D eigenvalue weighted by molar-refractivity contribution is -0.384. The van der Waals surface area contributed by atoms with Crippen LogP contribution in [0.5, 0.6) is 0 Å². The zero-order chi connectivity index (χ0) is 13.8. The standard InChI is InChI=1S/C14H15NO4/c16-13-4-2-1-3-11(13)9-14(17)10-5-7-12(8-6-10)15(18)19/h5-8,11H,1-4,9H2/t11-/m0/s1. The monoisotopic (exact) mass is 261 g/mol. The first-order chi connectivity index (χ1) is 9.08. The molecule has 0 N–H and O–H groups in total. The van der Waals surface area contributed by atoms with Crippen molar-refractivity contribution in [2.75, 3.05) is 0 Å². The molecule has 19 heavy (non-hydrogen) atoms. The fraction of sp³-hybridized carbons (Fsp3) is 0.429. The van der Waals surface area contributed by atoms with Gasteiger partial charge in [-0.25, -0.2) is 0 Å². The molecule has 1 fully saturated rings. The minimum atomic E-state index is -0.501. The number of carbonyl (C=O) groups is 2. The third-order valence-corrected chi connectivity index (χ3v) is 3.51. The predicted octanol–water partition coefficient (Wildman–Crippen LogP) is 2.93. The van der Waals surface area contributed by atoms with Gasteiger partial charge in [-0.05, 0) is 25.0 Å². The Kier molecular flexibility index (Phi) is 4.04. The van der Waals surface area contributed by atoms with Gasteiger partial charge in [-0.15, -0.1) is 0 Å². The molecule has 1 aliphatic rings. The summed E-state index contributed by atoms with van der Waals surface area (Å²) < 4.78 is 0. The number of carbonyl (C=O) groups excluding carboxylic acids is 2. The molecule has 1 aromatic carbocycles. The fourth-order valence-corrected chi connectivity index (χ4v) is 2.38. The number of hydrogen-bond donors (Lipinski definition) is 0. The van der Waals surface area contributed by atoms with Crippen LogP contribution < -0.4 is 0 Å². The van der Waals surface area contributed by atoms with Crippen LogP contribution in [-0.4, -0.2) is 16.5 Å². The second-order valence-corrected chi connectivity index (χ2v) is 4.84. The van der Waals surface area contributed by atoms with Crippen LogP contribution in [0.2, 0.25) is 0 Å². The second kappa shape index (κ2) is 5.73. The van der Waals surface area contributed by atoms with Gasteiger partial charge < -0.3 is 0 Å². The average Bonchev–Trinajstić information content (AvgIpc) is 2.41. The maximum absolute atomic E-state index is 12.0. The summed E-state index contributed by atoms with van der Waals surface area (Å²) in [5, 5.41) is 10.5. The quantitative estimate of drug-likeness (QED) is 0.474. The number of benzene rings is 1. The van der Waals surface area contributed by atoms with Crippen molar-refractivity contribution in [3.8, 4) is 0 Å². The van der Waals surface area contributed by atoms with E-state index in [1.807, 2.05) is 0 Å². The molecule has 5 heteroatoms. The van der Waals surface area contributed by atoms with Crippen molar-refractivity contribution in [2.24, 2.45) is 5.92 Å². The van der Waals surface area contributed by atoms with Gasteiger partial charge in [-0.2, -0.15) is 0 Å². The van der Waals surface area contributed by atoms with Gasteiger partial charge >= 0.3 is 0 Å². The molecule has 0 amide bonds. The highest BCUT2D eigenvalue weighted by atomic mass is 16.6. The number of Topliss-reactive ketones (excluding diaryl/α,β-unsaturated/α-hetero) is 2. The highest BCUT2D eigenvalue weighted by molar-refractivity contribution is 5.99. The molecule has 0 radical (unpaired) electrons. The minimum Gasteiger partial charge on any atom is -0.299 e. The van der Waals surface area contributed by atoms with Gasteiger partial charge in [0.1, 0.15) is 5.78 Å². The first-order valence-electron chi connectivity index (χ1n) is 6.38. The summed E-state index contributed by atoms with van der Waals surface area (Å²) in [5.74, 6) is -0.117. The van der Waals surface area contributed by atoms with Crippen molar-refractivity contribution in [3.05, 3.63) is 39.9 Å². The smallest absolute Gasteiger partial charge is 0.269 e. The van der Waals surface area contributed by atoms with Crippen LogP contribution in [0.25, 0.3) is 0 Å². The maximum atomic E-state index is 12.0. The molecule has 0 bridgehead atoms. The third-order valence-electron chi connectivity index (χ3n) is 3.51. The van der Waals surface area contributed by atoms with Crippen molar-refractivity contribution in [2.45, 2.75) is 32.1 Å². The summed E-state index contributed by atoms with van der Waals surface area (Å²) in [6.07, 6.45) is 3.47. The molecular weight excluding hydrogens is 246 g/mol. The largest absolute Gasteiger partial charge is 0.299 e. The number of nitrogens with zero attached hydrogens (tertiary/aromatic N) is 1. The highest BCUT2D eigenvalue weighted by Crippen LogP contribution is 2.25. The predicted molar refractivity (Wildman–Crippen MR) is 69.0 cm³/mol. The number of non-ortho nitro benzene ring substituents is 1. The Balaban J connectivity index is 2.03. The van der Waals surface area contributed by atoms with Gasteiger partial charge in [-0.1, -0.05) is 6.42 Å². The maximum Gasteiger partial charge on any atom is 0.269 e. The molecule has 5 nitrogen and oxygen atoms in total. The molecule has 0 aromatic heterocycles. The molecule has 0 spiro atoms. The van der Waals surface area contributed by atoms with Crippen LogP contribution in [0.4, 0.5) is 5.69 Å². The summed E-state index contributed by atoms with van der Waals surface area (Å²) in [6.45, 7) is 0. The van der Waals surface area contributed by atoms with Gasteiger partial charge in [0, 0.05) is 36.5 Å². The van der Waals surface area contributed by atoms with Crippen LogP contribution in [-0.2, 0) is 4.79 Å². The lowest BCUT2D eigenvalue weighted by Crippen LogP contribution is -2.22. The van der Waals surface area contributed by atoms with E-state index in [1.54, 1.807) is 0 Å². The molecule has 2 rings (SSSR count). The summed E-state index contributed by atoms with van der Waals surface area (Å²) >= 11 is 0. The first kappa shape index (κ1) is 13.4. The number of hydrogen-bond acceptors (Lipinski definition) is 4. The van der Waals surface area contributed by atoms with E-state index in [0.717, 1.165) is 19.3 Å². The van der Waals surface area contributed by atoms with Gasteiger partial charge in [0.05, 0.1) is 4.92 Å². The van der Waals surface area contributed by atoms with Crippen LogP contribution in [0.3, 0.4) is 0 Å². The summed E-state index contributed by atoms with van der Waals surface area (Å²) in [5.41, 5.74) is 0.397. The fourth-order valence-electron chi connectivity index (χ4n) is 2.38. The molecule has 0 unspecified atom stereocenters. The van der Waals surface area contributed by atoms with E-state index in [4.69, 9.17) is 0 Å². The van der Waals surface area contributed by atoms with E-state index >= 15 is 0 Å². The molecule has 1 saturated carbocycles. The van der Waals surface area contributed by atoms with Crippen molar-refractivity contribution < 1.29 is 14.5 Å². The first-order valence-corrected chi connectivity index (χ1v) is 6.38. The number of rotatable bonds is 4. The Hall–Kier alpha value is -2.04. The Morgan fingerprint density at radius 2 is 1.95 bits per heavy atom. The molecule has 0 heterocycles. The van der Waals surface area contributed by atoms with Crippen molar-refractivity contribution in [1.82, 2.24) is 0 Å². The van der Waals surface area contributed by atoms with E-state index in [-0.39, 0.29) is 29.6 Å². The van der Waals surface area contributed by atoms with Crippen molar-refractivity contribution in [3.63, 3.8) is 0 Å². The zero-order valence-electron chi connectivity index (χ0n) is 10.5. The molecule has 0 saturated heterocycles. The molecule has 1 aromatic rings. The molecule has 1 atom stereocenters. The Bertz CT molecular complexity index is 507. The normalized spacial score (nSPS) is 19.2. The van der Waals surface area contributed by atoms with Gasteiger partial charge in [0.2, 0.25) is 0 Å². The van der Waals surface area contributed by atoms with Crippen LogP contribution >= 0.6 is 0 Å². The Morgan fingerprint density at radius 1 is 1.26 bits per heavy atom. The Morgan fingerprint density at radius 3 is 2.53 bits per heavy atom. The van der Waals surface area contributed by atoms with E-state index in [2.05, 4.69) is 0 Å². The lowest BCUT2D eigenvalue weighted by atomic mass is 9.83. The SMILES string of the molecule is O=C(C[C@@H]1CCCCC1=O)c1ccc([N+](=O)[O-])cc1. The number of nitro groups is 1. The molecule has 1 aliphatic carbocycles. The minimum absolute atomic E-state index is 0.0368. The molecular formula is C14H15NO4. The van der Waals surface area contributed by atoms with Gasteiger partial charge in [-0.3, -0.25) is 19.7 Å². The van der Waals surface area contributed by atoms with E-state index in [9.17, 15) is 19.7 Å². The molecule has 0 aliphatic heterocycles. The Labute approximate surface area is 110 Å². The molecule has 100 valence electrons. The lowest BCUT2D eigenvalue weighted by Gasteiger charge is -2.19. The second-order valence-electron chi connectivity index (χ2n) is 4.84. The van der Waals surface area contributed by atoms with Crippen molar-refractivity contribution >= 4 is 17.3 Å². The van der Waals surface area contributed by atoms with Crippen LogP contribution in [0, 0.1) is 16.0 Å². The third kappa shape index (κ3) is 3.24. The topological polar surface area (TPSA) is 77.3 Å². The van der Waals surface area contributed by atoms with Crippen LogP contribution in [0.1, 0.15) is 42.5 Å². The van der Waals surface area contributed by atoms with Gasteiger partial charge in [0.15, 0.2) is 5.78 Å². The highest BCUT2D eigenvalue weighted by Gasteiger charge is 2.25. The van der Waals surface area contributed by atoms with E-state index < -0.39 is 4.92 Å². The zero-order valence-corrected chi connectivity index (χ0v) is 10.5. The number of nitro benzene ring substituents is 1. The van der Waals surface area contributed by atoms with Crippen LogP contribution in [0.15, 0.2) is 24.3 Å². The van der Waals surface area contributed by atoms with Crippen molar-refractivity contribution in [1.29, 1.82) is 0 Å². The summed E-state index contributed by atoms with van der Waals surface area (Å²) in [4.78, 5) is 33.7. The number of ketones is 2. The average molecular weight is 261 g/mol. The van der Waals surface area contributed by atoms with E-state index in [0.29, 0.717) is 12.0 Å². The van der Waals surface area contributed by atoms with Gasteiger partial charge in [0.25, 0.3) is 5.69 Å². The summed E-state index contributed by atoms with van der Waals surface area (Å²) in [7, 11) is 0. The van der Waals surface area contributed by atoms with E-state index in [1.165, 1.54) is 24.3 Å².